The van der Waals surface area contributed by atoms with Crippen molar-refractivity contribution < 1.29 is 4.84 Å². The third kappa shape index (κ3) is 4.52. The molecule has 0 aliphatic heterocycles. The Bertz CT molecular complexity index is 1110. The maximum atomic E-state index is 6.03. The summed E-state index contributed by atoms with van der Waals surface area (Å²) in [6, 6.07) is 15.7. The highest BCUT2D eigenvalue weighted by Crippen LogP contribution is 2.28. The predicted molar refractivity (Wildman–Crippen MR) is 118 cm³/mol. The van der Waals surface area contributed by atoms with Gasteiger partial charge >= 0.3 is 0 Å². The number of fused-ring (bicyclic) bond motifs is 1. The average molecular weight is 448 g/mol. The maximum Gasteiger partial charge on any atom is 0.195 e. The number of hydrogen-bond donors (Lipinski definition) is 0. The molecular formula is C20H15Cl2N3OS2. The molecule has 0 spiro atoms. The zero-order valence-corrected chi connectivity index (χ0v) is 17.7. The van der Waals surface area contributed by atoms with Crippen LogP contribution in [0.25, 0.3) is 4.96 Å². The van der Waals surface area contributed by atoms with Crippen molar-refractivity contribution in [3.63, 3.8) is 0 Å². The fourth-order valence-corrected chi connectivity index (χ4v) is 4.61. The van der Waals surface area contributed by atoms with Gasteiger partial charge in [-0.05, 0) is 23.3 Å². The molecule has 0 atom stereocenters. The predicted octanol–water partition coefficient (Wildman–Crippen LogP) is 6.55. The number of halogens is 2. The van der Waals surface area contributed by atoms with E-state index in [1.54, 1.807) is 41.4 Å². The number of thioether (sulfide) groups is 1. The highest BCUT2D eigenvalue weighted by atomic mass is 35.5. The van der Waals surface area contributed by atoms with Gasteiger partial charge in [-0.2, -0.15) is 0 Å². The van der Waals surface area contributed by atoms with Crippen molar-refractivity contribution in [2.24, 2.45) is 5.16 Å². The summed E-state index contributed by atoms with van der Waals surface area (Å²) in [5.41, 5.74) is 3.06. The molecule has 142 valence electrons. The Morgan fingerprint density at radius 3 is 2.79 bits per heavy atom. The van der Waals surface area contributed by atoms with E-state index in [1.165, 1.54) is 5.56 Å². The second kappa shape index (κ2) is 9.01. The van der Waals surface area contributed by atoms with E-state index in [4.69, 9.17) is 33.0 Å². The van der Waals surface area contributed by atoms with Crippen molar-refractivity contribution >= 4 is 57.5 Å². The number of thiazole rings is 1. The Balaban J connectivity index is 1.46. The lowest BCUT2D eigenvalue weighted by Crippen LogP contribution is -1.93. The Morgan fingerprint density at radius 2 is 1.96 bits per heavy atom. The first kappa shape index (κ1) is 19.3. The molecular weight excluding hydrogens is 433 g/mol. The molecule has 0 unspecified atom stereocenters. The van der Waals surface area contributed by atoms with Gasteiger partial charge in [-0.3, -0.25) is 4.40 Å². The molecule has 8 heteroatoms. The molecule has 4 rings (SSSR count). The first-order chi connectivity index (χ1) is 13.7. The smallest absolute Gasteiger partial charge is 0.195 e. The lowest BCUT2D eigenvalue weighted by Gasteiger charge is -2.03. The zero-order chi connectivity index (χ0) is 19.3. The number of rotatable bonds is 7. The molecule has 4 nitrogen and oxygen atoms in total. The van der Waals surface area contributed by atoms with Crippen LogP contribution >= 0.6 is 46.3 Å². The average Bonchev–Trinajstić information content (AvgIpc) is 3.29. The third-order valence-electron chi connectivity index (χ3n) is 3.95. The van der Waals surface area contributed by atoms with Gasteiger partial charge in [0.25, 0.3) is 0 Å². The summed E-state index contributed by atoms with van der Waals surface area (Å²) in [5.74, 6) is 0.844. The molecule has 0 aliphatic carbocycles. The monoisotopic (exact) mass is 447 g/mol. The Morgan fingerprint density at radius 1 is 1.11 bits per heavy atom. The normalized spacial score (nSPS) is 11.5. The van der Waals surface area contributed by atoms with Crippen LogP contribution < -0.4 is 0 Å². The van der Waals surface area contributed by atoms with Crippen LogP contribution in [0.4, 0.5) is 0 Å². The van der Waals surface area contributed by atoms with E-state index in [1.807, 2.05) is 40.2 Å². The van der Waals surface area contributed by atoms with Crippen LogP contribution in [0.5, 0.6) is 0 Å². The topological polar surface area (TPSA) is 38.9 Å². The molecule has 0 N–H and O–H groups in total. The van der Waals surface area contributed by atoms with E-state index < -0.39 is 0 Å². The van der Waals surface area contributed by atoms with Gasteiger partial charge in [0, 0.05) is 17.3 Å². The molecule has 0 fully saturated rings. The summed E-state index contributed by atoms with van der Waals surface area (Å²) in [7, 11) is 0. The summed E-state index contributed by atoms with van der Waals surface area (Å²) in [4.78, 5) is 11.1. The van der Waals surface area contributed by atoms with Crippen molar-refractivity contribution in [1.29, 1.82) is 0 Å². The fraction of sp³-hybridized carbons (Fsp3) is 0.100. The van der Waals surface area contributed by atoms with Crippen LogP contribution in [0.1, 0.15) is 16.8 Å². The fourth-order valence-electron chi connectivity index (χ4n) is 2.56. The largest absolute Gasteiger partial charge is 0.391 e. The molecule has 0 amide bonds. The first-order valence-corrected chi connectivity index (χ1v) is 11.0. The van der Waals surface area contributed by atoms with Crippen LogP contribution in [-0.4, -0.2) is 15.6 Å². The van der Waals surface area contributed by atoms with E-state index in [0.29, 0.717) is 16.7 Å². The van der Waals surface area contributed by atoms with Gasteiger partial charge in [-0.25, -0.2) is 4.98 Å². The molecule has 0 bridgehead atoms. The maximum absolute atomic E-state index is 6.03. The lowest BCUT2D eigenvalue weighted by atomic mass is 10.2. The summed E-state index contributed by atoms with van der Waals surface area (Å²) >= 11 is 15.2. The highest BCUT2D eigenvalue weighted by Gasteiger charge is 2.12. The van der Waals surface area contributed by atoms with Gasteiger partial charge in [0.1, 0.15) is 17.3 Å². The summed E-state index contributed by atoms with van der Waals surface area (Å²) in [6.07, 6.45) is 3.69. The second-order valence-corrected chi connectivity index (χ2v) is 8.54. The SMILES string of the molecule is Clc1ccc(CO/N=C\c2c(SCc3ccccc3)nc3sccn23)cc1Cl. The molecule has 0 radical (unpaired) electrons. The number of imidazole rings is 1. The third-order valence-corrected chi connectivity index (χ3v) is 6.50. The molecule has 0 saturated carbocycles. The van der Waals surface area contributed by atoms with Gasteiger partial charge in [0.2, 0.25) is 0 Å². The Labute approximate surface area is 180 Å². The number of aromatic nitrogens is 2. The van der Waals surface area contributed by atoms with Crippen molar-refractivity contribution in [3.05, 3.63) is 87.0 Å². The van der Waals surface area contributed by atoms with Crippen LogP contribution in [0.3, 0.4) is 0 Å². The second-order valence-electron chi connectivity index (χ2n) is 5.89. The quantitative estimate of drug-likeness (QED) is 0.183. The summed E-state index contributed by atoms with van der Waals surface area (Å²) in [6.45, 7) is 0.311. The van der Waals surface area contributed by atoms with Crippen molar-refractivity contribution in [3.8, 4) is 0 Å². The van der Waals surface area contributed by atoms with Gasteiger partial charge in [-0.15, -0.1) is 11.3 Å². The first-order valence-electron chi connectivity index (χ1n) is 8.42. The standard InChI is InChI=1S/C20H15Cl2N3OS2/c21-16-7-6-15(10-17(16)22)12-26-23-11-18-19(24-20-25(18)8-9-27-20)28-13-14-4-2-1-3-5-14/h1-11H,12-13H2/b23-11-. The lowest BCUT2D eigenvalue weighted by molar-refractivity contribution is 0.132. The van der Waals surface area contributed by atoms with E-state index in [2.05, 4.69) is 17.3 Å². The molecule has 0 saturated heterocycles. The Kier molecular flexibility index (Phi) is 6.22. The van der Waals surface area contributed by atoms with Crippen molar-refractivity contribution in [2.45, 2.75) is 17.4 Å². The number of hydrogen-bond acceptors (Lipinski definition) is 5. The van der Waals surface area contributed by atoms with E-state index in [9.17, 15) is 0 Å². The van der Waals surface area contributed by atoms with E-state index >= 15 is 0 Å². The summed E-state index contributed by atoms with van der Waals surface area (Å²) in [5, 5.41) is 8.09. The minimum absolute atomic E-state index is 0.311. The molecule has 4 aromatic rings. The molecule has 28 heavy (non-hydrogen) atoms. The van der Waals surface area contributed by atoms with Gasteiger partial charge in [0.15, 0.2) is 4.96 Å². The molecule has 2 aromatic heterocycles. The zero-order valence-electron chi connectivity index (χ0n) is 14.6. The summed E-state index contributed by atoms with van der Waals surface area (Å²) < 4.78 is 2.02. The van der Waals surface area contributed by atoms with Crippen molar-refractivity contribution in [2.75, 3.05) is 0 Å². The number of nitrogens with zero attached hydrogens (tertiary/aromatic N) is 3. The van der Waals surface area contributed by atoms with E-state index in [0.717, 1.165) is 27.0 Å². The van der Waals surface area contributed by atoms with Crippen molar-refractivity contribution in [1.82, 2.24) is 9.38 Å². The van der Waals surface area contributed by atoms with Gasteiger partial charge in [-0.1, -0.05) is 76.5 Å². The molecule has 2 aromatic carbocycles. The minimum Gasteiger partial charge on any atom is -0.391 e. The van der Waals surface area contributed by atoms with Gasteiger partial charge < -0.3 is 4.84 Å². The number of oxime groups is 1. The molecule has 0 aliphatic rings. The highest BCUT2D eigenvalue weighted by molar-refractivity contribution is 7.98. The Hall–Kier alpha value is -1.99. The van der Waals surface area contributed by atoms with Crippen LogP contribution in [0.15, 0.2) is 70.3 Å². The van der Waals surface area contributed by atoms with Crippen LogP contribution in [-0.2, 0) is 17.2 Å². The molecule has 2 heterocycles. The van der Waals surface area contributed by atoms with Gasteiger partial charge in [0.05, 0.1) is 16.3 Å². The van der Waals surface area contributed by atoms with Crippen LogP contribution in [0, 0.1) is 0 Å². The minimum atomic E-state index is 0.311. The van der Waals surface area contributed by atoms with Crippen LogP contribution in [0.2, 0.25) is 10.0 Å². The number of benzene rings is 2. The van der Waals surface area contributed by atoms with E-state index in [-0.39, 0.29) is 0 Å².